The number of rotatable bonds is 8. The van der Waals surface area contributed by atoms with Crippen LogP contribution in [0.4, 0.5) is 5.69 Å². The van der Waals surface area contributed by atoms with Crippen molar-refractivity contribution in [3.63, 3.8) is 0 Å². The molecule has 2 aromatic rings. The van der Waals surface area contributed by atoms with Crippen molar-refractivity contribution in [3.05, 3.63) is 47.8 Å². The number of hydrogen-bond acceptors (Lipinski definition) is 4. The maximum Gasteiger partial charge on any atom is 0.0664 e. The van der Waals surface area contributed by atoms with Gasteiger partial charge < -0.3 is 10.4 Å². The Bertz CT molecular complexity index is 640. The number of hydrogen-bond donors (Lipinski definition) is 2. The predicted molar refractivity (Wildman–Crippen MR) is 101 cm³/mol. The lowest BCUT2D eigenvalue weighted by atomic mass is 10.0. The normalized spacial score (nSPS) is 12.4. The van der Waals surface area contributed by atoms with Gasteiger partial charge in [-0.05, 0) is 55.3 Å². The Kier molecular flexibility index (Phi) is 6.76. The Labute approximate surface area is 145 Å². The number of anilines is 1. The van der Waals surface area contributed by atoms with E-state index in [1.807, 2.05) is 33.2 Å². The summed E-state index contributed by atoms with van der Waals surface area (Å²) in [5, 5.41) is 13.2. The molecule has 1 atom stereocenters. The Balaban J connectivity index is 2.26. The third-order valence-electron chi connectivity index (χ3n) is 4.32. The molecule has 0 aliphatic carbocycles. The van der Waals surface area contributed by atoms with Crippen LogP contribution < -0.4 is 5.32 Å². The first-order chi connectivity index (χ1) is 11.5. The molecule has 2 N–H and O–H groups in total. The summed E-state index contributed by atoms with van der Waals surface area (Å²) >= 11 is 0. The van der Waals surface area contributed by atoms with Crippen LogP contribution in [0.5, 0.6) is 0 Å². The van der Waals surface area contributed by atoms with Gasteiger partial charge in [-0.3, -0.25) is 9.88 Å². The number of benzene rings is 1. The molecular formula is C20H29N3O. The number of aliphatic hydroxyl groups excluding tert-OH is 1. The van der Waals surface area contributed by atoms with Gasteiger partial charge in [-0.25, -0.2) is 0 Å². The van der Waals surface area contributed by atoms with Crippen molar-refractivity contribution in [2.45, 2.75) is 39.8 Å². The average Bonchev–Trinajstić information content (AvgIpc) is 2.61. The molecule has 4 heteroatoms. The van der Waals surface area contributed by atoms with Gasteiger partial charge in [-0.1, -0.05) is 19.9 Å². The highest BCUT2D eigenvalue weighted by Crippen LogP contribution is 2.25. The van der Waals surface area contributed by atoms with Gasteiger partial charge in [0.15, 0.2) is 0 Å². The van der Waals surface area contributed by atoms with Gasteiger partial charge in [-0.15, -0.1) is 0 Å². The number of nitrogens with one attached hydrogen (secondary N) is 1. The lowest BCUT2D eigenvalue weighted by Crippen LogP contribution is -2.31. The molecule has 1 aromatic carbocycles. The standard InChI is InChI=1S/C20H29N3O/c1-5-20(24)14-23(6-2)13-16-9-18(11-19(10-16)21-4)17-8-7-15(3)22-12-17/h7-12,20-21,24H,5-6,13-14H2,1-4H3. The van der Waals surface area contributed by atoms with E-state index in [2.05, 4.69) is 46.4 Å². The zero-order chi connectivity index (χ0) is 17.5. The first-order valence-electron chi connectivity index (χ1n) is 8.70. The molecule has 0 spiro atoms. The third kappa shape index (κ3) is 5.05. The summed E-state index contributed by atoms with van der Waals surface area (Å²) in [5.41, 5.74) is 5.64. The van der Waals surface area contributed by atoms with Crippen LogP contribution in [0, 0.1) is 6.92 Å². The van der Waals surface area contributed by atoms with Crippen LogP contribution in [-0.2, 0) is 6.54 Å². The number of aromatic nitrogens is 1. The molecule has 0 bridgehead atoms. The minimum Gasteiger partial charge on any atom is -0.392 e. The number of aliphatic hydroxyl groups is 1. The second kappa shape index (κ2) is 8.81. The van der Waals surface area contributed by atoms with Crippen molar-refractivity contribution in [1.82, 2.24) is 9.88 Å². The van der Waals surface area contributed by atoms with E-state index in [0.717, 1.165) is 42.0 Å². The maximum atomic E-state index is 9.93. The van der Waals surface area contributed by atoms with Crippen molar-refractivity contribution in [2.24, 2.45) is 0 Å². The molecule has 0 saturated heterocycles. The first-order valence-corrected chi connectivity index (χ1v) is 8.70. The average molecular weight is 327 g/mol. The van der Waals surface area contributed by atoms with E-state index in [1.165, 1.54) is 5.56 Å². The van der Waals surface area contributed by atoms with E-state index < -0.39 is 0 Å². The Morgan fingerprint density at radius 3 is 2.54 bits per heavy atom. The van der Waals surface area contributed by atoms with E-state index in [0.29, 0.717) is 6.54 Å². The summed E-state index contributed by atoms with van der Waals surface area (Å²) in [6.07, 6.45) is 2.44. The van der Waals surface area contributed by atoms with Crippen LogP contribution in [0.2, 0.25) is 0 Å². The molecular weight excluding hydrogens is 298 g/mol. The van der Waals surface area contributed by atoms with Gasteiger partial charge in [0.05, 0.1) is 6.10 Å². The Hall–Kier alpha value is -1.91. The fourth-order valence-electron chi connectivity index (χ4n) is 2.72. The van der Waals surface area contributed by atoms with Crippen LogP contribution in [0.25, 0.3) is 11.1 Å². The molecule has 0 amide bonds. The third-order valence-corrected chi connectivity index (χ3v) is 4.32. The minimum atomic E-state index is -0.266. The van der Waals surface area contributed by atoms with E-state index in [-0.39, 0.29) is 6.10 Å². The highest BCUT2D eigenvalue weighted by molar-refractivity contribution is 5.68. The zero-order valence-corrected chi connectivity index (χ0v) is 15.2. The van der Waals surface area contributed by atoms with Gasteiger partial charge in [0.1, 0.15) is 0 Å². The lowest BCUT2D eigenvalue weighted by molar-refractivity contribution is 0.108. The quantitative estimate of drug-likeness (QED) is 0.776. The van der Waals surface area contributed by atoms with Gasteiger partial charge in [-0.2, -0.15) is 0 Å². The summed E-state index contributed by atoms with van der Waals surface area (Å²) in [4.78, 5) is 6.68. The molecule has 130 valence electrons. The lowest BCUT2D eigenvalue weighted by Gasteiger charge is -2.23. The van der Waals surface area contributed by atoms with Crippen molar-refractivity contribution in [2.75, 3.05) is 25.5 Å². The molecule has 0 fully saturated rings. The minimum absolute atomic E-state index is 0.266. The maximum absolute atomic E-state index is 9.93. The first kappa shape index (κ1) is 18.4. The number of aryl methyl sites for hydroxylation is 1. The summed E-state index contributed by atoms with van der Waals surface area (Å²) < 4.78 is 0. The largest absolute Gasteiger partial charge is 0.392 e. The van der Waals surface area contributed by atoms with Gasteiger partial charge >= 0.3 is 0 Å². The highest BCUT2D eigenvalue weighted by atomic mass is 16.3. The van der Waals surface area contributed by atoms with Crippen LogP contribution >= 0.6 is 0 Å². The number of nitrogens with zero attached hydrogens (tertiary/aromatic N) is 2. The topological polar surface area (TPSA) is 48.4 Å². The van der Waals surface area contributed by atoms with Crippen LogP contribution in [0.3, 0.4) is 0 Å². The molecule has 1 unspecified atom stereocenters. The molecule has 0 aliphatic heterocycles. The predicted octanol–water partition coefficient (Wildman–Crippen LogP) is 3.69. The summed E-state index contributed by atoms with van der Waals surface area (Å²) in [6, 6.07) is 10.7. The Morgan fingerprint density at radius 1 is 1.17 bits per heavy atom. The second-order valence-electron chi connectivity index (χ2n) is 6.25. The molecule has 0 saturated carbocycles. The zero-order valence-electron chi connectivity index (χ0n) is 15.2. The van der Waals surface area contributed by atoms with Gasteiger partial charge in [0.2, 0.25) is 0 Å². The molecule has 2 rings (SSSR count). The van der Waals surface area contributed by atoms with Gasteiger partial charge in [0.25, 0.3) is 0 Å². The second-order valence-corrected chi connectivity index (χ2v) is 6.25. The molecule has 4 nitrogen and oxygen atoms in total. The van der Waals surface area contributed by atoms with Crippen LogP contribution in [0.1, 0.15) is 31.5 Å². The molecule has 1 aromatic heterocycles. The van der Waals surface area contributed by atoms with Crippen molar-refractivity contribution < 1.29 is 5.11 Å². The SMILES string of the molecule is CCC(O)CN(CC)Cc1cc(NC)cc(-c2ccc(C)nc2)c1. The fourth-order valence-corrected chi connectivity index (χ4v) is 2.72. The fraction of sp³-hybridized carbons (Fsp3) is 0.450. The number of pyridine rings is 1. The van der Waals surface area contributed by atoms with Crippen molar-refractivity contribution >= 4 is 5.69 Å². The highest BCUT2D eigenvalue weighted by Gasteiger charge is 2.11. The van der Waals surface area contributed by atoms with E-state index >= 15 is 0 Å². The smallest absolute Gasteiger partial charge is 0.0664 e. The monoisotopic (exact) mass is 327 g/mol. The number of likely N-dealkylation sites (N-methyl/N-ethyl adjacent to an activating group) is 1. The van der Waals surface area contributed by atoms with E-state index in [9.17, 15) is 5.11 Å². The van der Waals surface area contributed by atoms with Crippen LogP contribution in [-0.4, -0.2) is 41.2 Å². The molecule has 0 aliphatic rings. The van der Waals surface area contributed by atoms with Crippen molar-refractivity contribution in [3.8, 4) is 11.1 Å². The summed E-state index contributed by atoms with van der Waals surface area (Å²) in [5.74, 6) is 0. The van der Waals surface area contributed by atoms with E-state index in [1.54, 1.807) is 0 Å². The summed E-state index contributed by atoms with van der Waals surface area (Å²) in [7, 11) is 1.94. The van der Waals surface area contributed by atoms with Crippen molar-refractivity contribution in [1.29, 1.82) is 0 Å². The van der Waals surface area contributed by atoms with Crippen LogP contribution in [0.15, 0.2) is 36.5 Å². The molecule has 24 heavy (non-hydrogen) atoms. The molecule has 0 radical (unpaired) electrons. The van der Waals surface area contributed by atoms with Gasteiger partial charge in [0, 0.05) is 43.3 Å². The molecule has 1 heterocycles. The summed E-state index contributed by atoms with van der Waals surface area (Å²) in [6.45, 7) is 8.60. The van der Waals surface area contributed by atoms with E-state index in [4.69, 9.17) is 0 Å². The Morgan fingerprint density at radius 2 is 1.96 bits per heavy atom.